The van der Waals surface area contributed by atoms with Crippen LogP contribution in [0.15, 0.2) is 95.7 Å². The fourth-order valence-corrected chi connectivity index (χ4v) is 5.58. The first-order valence-corrected chi connectivity index (χ1v) is 14.1. The number of β-amino-alcohol motifs (C(OH)–C–C–N with tert-alkyl or cyclic N) is 1. The largest absolute Gasteiger partial charge is 0.417 e. The van der Waals surface area contributed by atoms with Crippen LogP contribution in [0.4, 0.5) is 18.9 Å². The Kier molecular flexibility index (Phi) is 6.83. The van der Waals surface area contributed by atoms with Gasteiger partial charge in [-0.25, -0.2) is 8.42 Å². The van der Waals surface area contributed by atoms with Crippen LogP contribution in [0.2, 0.25) is 0 Å². The van der Waals surface area contributed by atoms with Gasteiger partial charge in [-0.05, 0) is 47.9 Å². The van der Waals surface area contributed by atoms with Crippen LogP contribution in [0.3, 0.4) is 0 Å². The molecule has 5 nitrogen and oxygen atoms in total. The average Bonchev–Trinajstić information content (AvgIpc) is 3.34. The van der Waals surface area contributed by atoms with E-state index in [-0.39, 0.29) is 10.5 Å². The quantitative estimate of drug-likeness (QED) is 0.435. The normalized spacial score (nSPS) is 18.4. The number of benzene rings is 3. The molecular weight excluding hydrogens is 513 g/mol. The van der Waals surface area contributed by atoms with Crippen molar-refractivity contribution in [1.82, 2.24) is 4.90 Å². The molecule has 1 fully saturated rings. The summed E-state index contributed by atoms with van der Waals surface area (Å²) < 4.78 is 65.7. The van der Waals surface area contributed by atoms with Gasteiger partial charge in [0.2, 0.25) is 0 Å². The van der Waals surface area contributed by atoms with E-state index in [1.165, 1.54) is 18.2 Å². The summed E-state index contributed by atoms with van der Waals surface area (Å²) in [5.41, 5.74) is 2.88. The van der Waals surface area contributed by atoms with Crippen molar-refractivity contribution in [1.29, 1.82) is 0 Å². The number of rotatable bonds is 5. The van der Waals surface area contributed by atoms with E-state index >= 15 is 0 Å². The van der Waals surface area contributed by atoms with Crippen molar-refractivity contribution in [3.8, 4) is 11.1 Å². The molecule has 9 heteroatoms. The number of likely N-dealkylation sites (tertiary alicyclic amines) is 1. The van der Waals surface area contributed by atoms with E-state index in [9.17, 15) is 26.7 Å². The maximum atomic E-state index is 13.9. The Morgan fingerprint density at radius 2 is 1.68 bits per heavy atom. The zero-order chi connectivity index (χ0) is 27.1. The van der Waals surface area contributed by atoms with Crippen molar-refractivity contribution in [3.63, 3.8) is 0 Å². The van der Waals surface area contributed by atoms with E-state index in [1.807, 2.05) is 36.5 Å². The van der Waals surface area contributed by atoms with Gasteiger partial charge >= 0.3 is 6.18 Å². The molecule has 3 aromatic rings. The molecule has 1 unspecified atom stereocenters. The predicted molar refractivity (Wildman–Crippen MR) is 142 cm³/mol. The number of hydrogen-bond donors (Lipinski definition) is 1. The molecule has 0 saturated carbocycles. The molecule has 0 amide bonds. The van der Waals surface area contributed by atoms with Crippen LogP contribution in [0.5, 0.6) is 0 Å². The Morgan fingerprint density at radius 3 is 2.34 bits per heavy atom. The number of anilines is 1. The van der Waals surface area contributed by atoms with Crippen molar-refractivity contribution in [3.05, 3.63) is 102 Å². The molecule has 5 rings (SSSR count). The first-order chi connectivity index (χ1) is 18.0. The Bertz CT molecular complexity index is 1510. The van der Waals surface area contributed by atoms with Gasteiger partial charge < -0.3 is 14.9 Å². The van der Waals surface area contributed by atoms with Gasteiger partial charge in [-0.15, -0.1) is 0 Å². The Morgan fingerprint density at radius 1 is 0.947 bits per heavy atom. The van der Waals surface area contributed by atoms with Crippen LogP contribution in [-0.4, -0.2) is 43.9 Å². The third-order valence-electron chi connectivity index (χ3n) is 6.86. The maximum Gasteiger partial charge on any atom is 0.417 e. The highest BCUT2D eigenvalue weighted by Crippen LogP contribution is 2.40. The lowest BCUT2D eigenvalue weighted by molar-refractivity contribution is -0.137. The topological polar surface area (TPSA) is 60.9 Å². The minimum absolute atomic E-state index is 0.0849. The van der Waals surface area contributed by atoms with Gasteiger partial charge in [0.1, 0.15) is 0 Å². The van der Waals surface area contributed by atoms with E-state index in [0.29, 0.717) is 37.3 Å². The Hall–Kier alpha value is -3.56. The molecule has 0 bridgehead atoms. The predicted octanol–water partition coefficient (Wildman–Crippen LogP) is 5.94. The smallest absolute Gasteiger partial charge is 0.391 e. The fraction of sp³-hybridized carbons (Fsp3) is 0.241. The molecule has 0 aliphatic carbocycles. The molecule has 198 valence electrons. The monoisotopic (exact) mass is 540 g/mol. The van der Waals surface area contributed by atoms with Gasteiger partial charge in [0.05, 0.1) is 16.6 Å². The zero-order valence-electron chi connectivity index (χ0n) is 20.7. The summed E-state index contributed by atoms with van der Waals surface area (Å²) in [6.07, 6.45) is 0.950. The summed E-state index contributed by atoms with van der Waals surface area (Å²) in [6, 6.07) is 19.4. The van der Waals surface area contributed by atoms with Crippen LogP contribution in [-0.2, 0) is 16.0 Å². The van der Waals surface area contributed by atoms with E-state index in [2.05, 4.69) is 4.90 Å². The Balaban J connectivity index is 1.55. The molecule has 0 radical (unpaired) electrons. The zero-order valence-corrected chi connectivity index (χ0v) is 21.5. The van der Waals surface area contributed by atoms with Crippen LogP contribution in [0.1, 0.15) is 24.0 Å². The fourth-order valence-electron chi connectivity index (χ4n) is 4.91. The third kappa shape index (κ3) is 5.35. The minimum Gasteiger partial charge on any atom is -0.391 e. The third-order valence-corrected chi connectivity index (χ3v) is 7.97. The number of nitrogens with zero attached hydrogens (tertiary/aromatic N) is 2. The van der Waals surface area contributed by atoms with Gasteiger partial charge in [0, 0.05) is 54.6 Å². The number of alkyl halides is 3. The summed E-state index contributed by atoms with van der Waals surface area (Å²) in [5, 5.41) is 10.0. The lowest BCUT2D eigenvalue weighted by Gasteiger charge is -2.33. The highest BCUT2D eigenvalue weighted by molar-refractivity contribution is 7.90. The van der Waals surface area contributed by atoms with Gasteiger partial charge in [0.15, 0.2) is 9.84 Å². The molecular formula is C29H27F3N2O3S. The minimum atomic E-state index is -4.51. The van der Waals surface area contributed by atoms with E-state index in [1.54, 1.807) is 29.2 Å². The van der Waals surface area contributed by atoms with Crippen LogP contribution < -0.4 is 4.90 Å². The van der Waals surface area contributed by atoms with Crippen molar-refractivity contribution in [2.24, 2.45) is 0 Å². The number of aliphatic hydroxyl groups excluding tert-OH is 1. The van der Waals surface area contributed by atoms with Crippen molar-refractivity contribution in [2.45, 2.75) is 30.0 Å². The first kappa shape index (κ1) is 26.1. The second-order valence-electron chi connectivity index (χ2n) is 9.56. The average molecular weight is 541 g/mol. The molecule has 2 aliphatic rings. The van der Waals surface area contributed by atoms with Gasteiger partial charge in [0.25, 0.3) is 0 Å². The van der Waals surface area contributed by atoms with Gasteiger partial charge in [-0.1, -0.05) is 48.5 Å². The van der Waals surface area contributed by atoms with Crippen LogP contribution in [0, 0.1) is 0 Å². The molecule has 2 heterocycles. The van der Waals surface area contributed by atoms with Gasteiger partial charge in [-0.3, -0.25) is 0 Å². The second kappa shape index (κ2) is 9.96. The summed E-state index contributed by atoms with van der Waals surface area (Å²) in [4.78, 5) is 4.03. The molecule has 0 aromatic heterocycles. The summed E-state index contributed by atoms with van der Waals surface area (Å²) in [6.45, 7) is 1.16. The number of hydrogen-bond acceptors (Lipinski definition) is 5. The number of aliphatic hydroxyl groups is 1. The molecule has 38 heavy (non-hydrogen) atoms. The first-order valence-electron chi connectivity index (χ1n) is 12.2. The van der Waals surface area contributed by atoms with E-state index < -0.39 is 27.7 Å². The van der Waals surface area contributed by atoms with E-state index in [4.69, 9.17) is 0 Å². The lowest BCUT2D eigenvalue weighted by Crippen LogP contribution is -2.28. The van der Waals surface area contributed by atoms with Crippen LogP contribution in [0.25, 0.3) is 16.8 Å². The van der Waals surface area contributed by atoms with Crippen LogP contribution >= 0.6 is 0 Å². The van der Waals surface area contributed by atoms with E-state index in [0.717, 1.165) is 29.1 Å². The number of allylic oxidation sites excluding steroid dienone is 1. The number of sulfone groups is 1. The standard InChI is InChI=1S/C29H27F3N2O3S/c1-38(36,37)25-6-4-5-21(17-25)20-9-11-22(12-10-20)34-18-23(33-16-15-24(35)19-33)13-14-28(34)26-7-2-3-8-27(26)29(30,31)32/h2-12,14,17-18,24,35H,13,15-16,19H2,1H3. The summed E-state index contributed by atoms with van der Waals surface area (Å²) >= 11 is 0. The Labute approximate surface area is 220 Å². The van der Waals surface area contributed by atoms with Gasteiger partial charge in [-0.2, -0.15) is 13.2 Å². The SMILES string of the molecule is CS(=O)(=O)c1cccc(-c2ccc(N3C=C(N4CCC(O)C4)CC=C3c3ccccc3C(F)(F)F)cc2)c1. The van der Waals surface area contributed by atoms with Crippen molar-refractivity contribution >= 4 is 21.2 Å². The highest BCUT2D eigenvalue weighted by atomic mass is 32.2. The molecule has 1 saturated heterocycles. The van der Waals surface area contributed by atoms with Crippen molar-refractivity contribution < 1.29 is 26.7 Å². The summed E-state index contributed by atoms with van der Waals surface area (Å²) in [5.74, 6) is 0. The molecule has 0 spiro atoms. The lowest BCUT2D eigenvalue weighted by atomic mass is 9.99. The highest BCUT2D eigenvalue weighted by Gasteiger charge is 2.35. The van der Waals surface area contributed by atoms with Crippen molar-refractivity contribution in [2.75, 3.05) is 24.2 Å². The second-order valence-corrected chi connectivity index (χ2v) is 11.6. The molecule has 3 aromatic carbocycles. The molecule has 1 atom stereocenters. The summed E-state index contributed by atoms with van der Waals surface area (Å²) in [7, 11) is -3.37. The number of halogens is 3. The molecule has 1 N–H and O–H groups in total. The maximum absolute atomic E-state index is 13.9. The molecule has 2 aliphatic heterocycles.